The number of benzene rings is 3. The highest BCUT2D eigenvalue weighted by molar-refractivity contribution is 5.94. The van der Waals surface area contributed by atoms with E-state index in [1.165, 1.54) is 5.39 Å². The fraction of sp³-hybridized carbons (Fsp3) is 0.250. The first-order valence-corrected chi connectivity index (χ1v) is 10.0. The number of likely N-dealkylation sites (tertiary alicyclic amines) is 1. The summed E-state index contributed by atoms with van der Waals surface area (Å²) < 4.78 is 0. The Balaban J connectivity index is 1.50. The lowest BCUT2D eigenvalue weighted by Crippen LogP contribution is -2.45. The summed E-state index contributed by atoms with van der Waals surface area (Å²) in [5.74, 6) is -0.507. The van der Waals surface area contributed by atoms with E-state index < -0.39 is 11.4 Å². The van der Waals surface area contributed by atoms with Gasteiger partial charge in [-0.2, -0.15) is 0 Å². The summed E-state index contributed by atoms with van der Waals surface area (Å²) in [4.78, 5) is 26.6. The van der Waals surface area contributed by atoms with Crippen molar-refractivity contribution in [3.8, 4) is 0 Å². The van der Waals surface area contributed by atoms with Crippen LogP contribution in [0.2, 0.25) is 0 Å². The molecule has 4 rings (SSSR count). The summed E-state index contributed by atoms with van der Waals surface area (Å²) in [6.07, 6.45) is 0.703. The standard InChI is InChI=1S/C24H25N3O3/c1-24(2,19-10-7-16-5-3-4-6-18(16)15-19)27-14-13-21(23(27)29)25-20-11-8-17(9-12-20)22(28)26-30/h3-12,15,21,25,30H,13-14H2,1-2H3,(H,26,28). The van der Waals surface area contributed by atoms with Crippen molar-refractivity contribution in [3.05, 3.63) is 77.9 Å². The van der Waals surface area contributed by atoms with Crippen LogP contribution in [0, 0.1) is 0 Å². The van der Waals surface area contributed by atoms with Crippen LogP contribution in [0.15, 0.2) is 66.7 Å². The van der Waals surface area contributed by atoms with Crippen molar-refractivity contribution in [3.63, 3.8) is 0 Å². The minimum absolute atomic E-state index is 0.0605. The molecule has 1 saturated heterocycles. The van der Waals surface area contributed by atoms with Gasteiger partial charge in [-0.05, 0) is 66.9 Å². The maximum absolute atomic E-state index is 13.2. The van der Waals surface area contributed by atoms with Crippen LogP contribution >= 0.6 is 0 Å². The van der Waals surface area contributed by atoms with Gasteiger partial charge in [-0.3, -0.25) is 14.8 Å². The monoisotopic (exact) mass is 403 g/mol. The lowest BCUT2D eigenvalue weighted by molar-refractivity contribution is -0.133. The lowest BCUT2D eigenvalue weighted by Gasteiger charge is -2.36. The van der Waals surface area contributed by atoms with E-state index in [1.807, 2.05) is 17.0 Å². The number of hydrogen-bond acceptors (Lipinski definition) is 4. The minimum Gasteiger partial charge on any atom is -0.374 e. The molecule has 0 aromatic heterocycles. The highest BCUT2D eigenvalue weighted by Crippen LogP contribution is 2.34. The zero-order chi connectivity index (χ0) is 21.3. The molecule has 0 aliphatic carbocycles. The van der Waals surface area contributed by atoms with Crippen LogP contribution < -0.4 is 10.8 Å². The summed E-state index contributed by atoms with van der Waals surface area (Å²) >= 11 is 0. The molecular formula is C24H25N3O3. The fourth-order valence-corrected chi connectivity index (χ4v) is 4.08. The normalized spacial score (nSPS) is 16.7. The number of carbonyl (C=O) groups is 2. The molecule has 6 nitrogen and oxygen atoms in total. The van der Waals surface area contributed by atoms with Crippen molar-refractivity contribution in [2.75, 3.05) is 11.9 Å². The molecule has 6 heteroatoms. The van der Waals surface area contributed by atoms with Crippen LogP contribution in [0.3, 0.4) is 0 Å². The second-order valence-corrected chi connectivity index (χ2v) is 8.11. The quantitative estimate of drug-likeness (QED) is 0.446. The molecule has 0 saturated carbocycles. The molecule has 30 heavy (non-hydrogen) atoms. The van der Waals surface area contributed by atoms with E-state index in [9.17, 15) is 9.59 Å². The Morgan fingerprint density at radius 1 is 1.03 bits per heavy atom. The third-order valence-corrected chi connectivity index (χ3v) is 5.93. The van der Waals surface area contributed by atoms with Crippen molar-refractivity contribution >= 4 is 28.3 Å². The molecule has 1 aliphatic rings. The SMILES string of the molecule is CC(C)(c1ccc2ccccc2c1)N1CCC(Nc2ccc(C(=O)NO)cc2)C1=O. The summed E-state index contributed by atoms with van der Waals surface area (Å²) in [5, 5.41) is 14.3. The molecule has 1 fully saturated rings. The number of rotatable bonds is 5. The lowest BCUT2D eigenvalue weighted by atomic mass is 9.90. The molecule has 1 aliphatic heterocycles. The highest BCUT2D eigenvalue weighted by Gasteiger charge is 2.40. The van der Waals surface area contributed by atoms with Crippen molar-refractivity contribution in [2.45, 2.75) is 31.8 Å². The fourth-order valence-electron chi connectivity index (χ4n) is 4.08. The van der Waals surface area contributed by atoms with Crippen molar-refractivity contribution in [1.29, 1.82) is 0 Å². The van der Waals surface area contributed by atoms with Crippen LogP contribution in [0.5, 0.6) is 0 Å². The Morgan fingerprint density at radius 2 is 1.73 bits per heavy atom. The number of nitrogens with one attached hydrogen (secondary N) is 2. The van der Waals surface area contributed by atoms with Crippen LogP contribution in [0.25, 0.3) is 10.8 Å². The van der Waals surface area contributed by atoms with Crippen LogP contribution in [0.4, 0.5) is 5.69 Å². The minimum atomic E-state index is -0.568. The first-order valence-electron chi connectivity index (χ1n) is 10.0. The van der Waals surface area contributed by atoms with E-state index in [4.69, 9.17) is 5.21 Å². The number of carbonyl (C=O) groups excluding carboxylic acids is 2. The molecule has 0 radical (unpaired) electrons. The van der Waals surface area contributed by atoms with Gasteiger partial charge in [0.1, 0.15) is 6.04 Å². The van der Waals surface area contributed by atoms with Gasteiger partial charge in [-0.1, -0.05) is 36.4 Å². The molecule has 1 unspecified atom stereocenters. The van der Waals surface area contributed by atoms with Gasteiger partial charge in [0.25, 0.3) is 5.91 Å². The summed E-state index contributed by atoms with van der Waals surface area (Å²) in [6.45, 7) is 4.83. The maximum Gasteiger partial charge on any atom is 0.274 e. The largest absolute Gasteiger partial charge is 0.374 e. The second-order valence-electron chi connectivity index (χ2n) is 8.11. The van der Waals surface area contributed by atoms with E-state index >= 15 is 0 Å². The van der Waals surface area contributed by atoms with Gasteiger partial charge in [-0.25, -0.2) is 5.48 Å². The smallest absolute Gasteiger partial charge is 0.274 e. The third-order valence-electron chi connectivity index (χ3n) is 5.93. The predicted molar refractivity (Wildman–Crippen MR) is 116 cm³/mol. The Kier molecular flexibility index (Phi) is 5.18. The molecule has 154 valence electrons. The van der Waals surface area contributed by atoms with E-state index in [0.717, 1.165) is 16.6 Å². The van der Waals surface area contributed by atoms with Gasteiger partial charge < -0.3 is 10.2 Å². The van der Waals surface area contributed by atoms with Crippen LogP contribution in [-0.4, -0.2) is 34.5 Å². The average Bonchev–Trinajstić information content (AvgIpc) is 3.14. The Hall–Kier alpha value is -3.38. The molecule has 0 bridgehead atoms. The molecule has 1 atom stereocenters. The molecular weight excluding hydrogens is 378 g/mol. The second kappa shape index (κ2) is 7.80. The number of nitrogens with zero attached hydrogens (tertiary/aromatic N) is 1. The van der Waals surface area contributed by atoms with Gasteiger partial charge in [0, 0.05) is 17.8 Å². The van der Waals surface area contributed by atoms with Gasteiger partial charge in [-0.15, -0.1) is 0 Å². The molecule has 3 aromatic rings. The van der Waals surface area contributed by atoms with Gasteiger partial charge in [0.15, 0.2) is 0 Å². The van der Waals surface area contributed by atoms with E-state index in [2.05, 4.69) is 49.5 Å². The van der Waals surface area contributed by atoms with Crippen molar-refractivity contribution in [2.24, 2.45) is 0 Å². The number of fused-ring (bicyclic) bond motifs is 1. The Labute approximate surface area is 175 Å². The highest BCUT2D eigenvalue weighted by atomic mass is 16.5. The number of hydrogen-bond donors (Lipinski definition) is 3. The zero-order valence-electron chi connectivity index (χ0n) is 17.1. The molecule has 3 N–H and O–H groups in total. The number of anilines is 1. The molecule has 1 heterocycles. The van der Waals surface area contributed by atoms with Gasteiger partial charge >= 0.3 is 0 Å². The topological polar surface area (TPSA) is 81.7 Å². The summed E-state index contributed by atoms with van der Waals surface area (Å²) in [6, 6.07) is 20.9. The zero-order valence-corrected chi connectivity index (χ0v) is 17.1. The number of hydroxylamine groups is 1. The predicted octanol–water partition coefficient (Wildman–Crippen LogP) is 3.91. The van der Waals surface area contributed by atoms with Crippen molar-refractivity contribution < 1.29 is 14.8 Å². The van der Waals surface area contributed by atoms with E-state index in [0.29, 0.717) is 18.5 Å². The van der Waals surface area contributed by atoms with Crippen molar-refractivity contribution in [1.82, 2.24) is 10.4 Å². The Morgan fingerprint density at radius 3 is 2.43 bits per heavy atom. The Bertz CT molecular complexity index is 1090. The molecule has 2 amide bonds. The van der Waals surface area contributed by atoms with Gasteiger partial charge in [0.05, 0.1) is 5.54 Å². The molecule has 3 aromatic carbocycles. The summed E-state index contributed by atoms with van der Waals surface area (Å²) in [7, 11) is 0. The van der Waals surface area contributed by atoms with E-state index in [-0.39, 0.29) is 11.9 Å². The molecule has 0 spiro atoms. The first kappa shape index (κ1) is 19.9. The van der Waals surface area contributed by atoms with Crippen LogP contribution in [0.1, 0.15) is 36.2 Å². The van der Waals surface area contributed by atoms with Crippen LogP contribution in [-0.2, 0) is 10.3 Å². The first-order chi connectivity index (χ1) is 14.4. The van der Waals surface area contributed by atoms with Gasteiger partial charge in [0.2, 0.25) is 5.91 Å². The summed E-state index contributed by atoms with van der Waals surface area (Å²) in [5.41, 5.74) is 3.39. The number of amides is 2. The van der Waals surface area contributed by atoms with E-state index in [1.54, 1.807) is 29.7 Å². The average molecular weight is 403 g/mol. The third kappa shape index (κ3) is 3.62. The maximum atomic E-state index is 13.2.